The molecule has 1 aromatic rings. The van der Waals surface area contributed by atoms with Crippen LogP contribution in [0.4, 0.5) is 4.79 Å². The summed E-state index contributed by atoms with van der Waals surface area (Å²) in [4.78, 5) is 27.2. The van der Waals surface area contributed by atoms with Gasteiger partial charge < -0.3 is 14.6 Å². The smallest absolute Gasteiger partial charge is 0.411 e. The van der Waals surface area contributed by atoms with Gasteiger partial charge in [0.1, 0.15) is 6.04 Å². The molecule has 6 nitrogen and oxygen atoms in total. The van der Waals surface area contributed by atoms with Gasteiger partial charge in [-0.25, -0.2) is 9.59 Å². The molecule has 0 radical (unpaired) electrons. The quantitative estimate of drug-likeness (QED) is 0.812. The molecule has 150 valence electrons. The lowest BCUT2D eigenvalue weighted by Crippen LogP contribution is -2.48. The van der Waals surface area contributed by atoms with Crippen molar-refractivity contribution < 1.29 is 24.2 Å². The van der Waals surface area contributed by atoms with Gasteiger partial charge in [-0.05, 0) is 31.7 Å². The summed E-state index contributed by atoms with van der Waals surface area (Å²) in [5.41, 5.74) is 0.322. The molecule has 4 unspecified atom stereocenters. The number of aliphatic hydroxyl groups excluding tert-OH is 1. The lowest BCUT2D eigenvalue weighted by atomic mass is 9.74. The molecule has 1 amide bonds. The first kappa shape index (κ1) is 21.2. The van der Waals surface area contributed by atoms with Gasteiger partial charge in [0.2, 0.25) is 0 Å². The van der Waals surface area contributed by atoms with Gasteiger partial charge in [-0.3, -0.25) is 4.90 Å². The maximum atomic E-state index is 13.0. The number of ether oxygens (including phenoxy) is 2. The molecule has 1 aliphatic heterocycles. The number of likely N-dealkylation sites (tertiary alicyclic amines) is 1. The Morgan fingerprint density at radius 3 is 2.26 bits per heavy atom. The molecule has 2 rings (SSSR count). The number of esters is 1. The minimum atomic E-state index is -0.929. The van der Waals surface area contributed by atoms with Crippen molar-refractivity contribution in [1.29, 1.82) is 0 Å². The van der Waals surface area contributed by atoms with Gasteiger partial charge in [0.05, 0.1) is 24.9 Å². The van der Waals surface area contributed by atoms with E-state index in [1.165, 1.54) is 4.90 Å². The molecule has 1 saturated heterocycles. The average molecular weight is 377 g/mol. The van der Waals surface area contributed by atoms with Crippen molar-refractivity contribution in [2.45, 2.75) is 65.8 Å². The molecule has 0 aromatic heterocycles. The number of nitrogens with zero attached hydrogens (tertiary/aromatic N) is 1. The van der Waals surface area contributed by atoms with E-state index in [9.17, 15) is 14.7 Å². The zero-order chi connectivity index (χ0) is 20.4. The van der Waals surface area contributed by atoms with Crippen molar-refractivity contribution in [3.63, 3.8) is 0 Å². The topological polar surface area (TPSA) is 76.1 Å². The van der Waals surface area contributed by atoms with Crippen LogP contribution in [0, 0.1) is 11.3 Å². The second-order valence-corrected chi connectivity index (χ2v) is 8.27. The number of carbonyl (C=O) groups is 2. The molecule has 1 N–H and O–H groups in total. The summed E-state index contributed by atoms with van der Waals surface area (Å²) < 4.78 is 10.7. The summed E-state index contributed by atoms with van der Waals surface area (Å²) in [6, 6.07) is 7.64. The summed E-state index contributed by atoms with van der Waals surface area (Å²) in [5, 5.41) is 11.2. The lowest BCUT2D eigenvalue weighted by Gasteiger charge is -2.34. The standard InChI is InChI=1S/C21H31NO5/c1-7-26-19(24)17-15(21(4,5)6)18(23)16(14-11-9-8-10-12-14)22(17)20(25)27-13(2)3/h8-13,15-18,23H,7H2,1-6H3. The summed E-state index contributed by atoms with van der Waals surface area (Å²) in [5.74, 6) is -1.02. The normalized spacial score (nSPS) is 25.6. The second-order valence-electron chi connectivity index (χ2n) is 8.27. The fraction of sp³-hybridized carbons (Fsp3) is 0.619. The van der Waals surface area contributed by atoms with E-state index in [-0.39, 0.29) is 12.7 Å². The van der Waals surface area contributed by atoms with Crippen molar-refractivity contribution in [2.24, 2.45) is 11.3 Å². The van der Waals surface area contributed by atoms with Crippen LogP contribution in [0.15, 0.2) is 30.3 Å². The molecule has 1 aromatic carbocycles. The molecule has 1 heterocycles. The fourth-order valence-electron chi connectivity index (χ4n) is 3.87. The molecule has 1 aliphatic rings. The van der Waals surface area contributed by atoms with E-state index in [0.29, 0.717) is 0 Å². The Balaban J connectivity index is 2.59. The monoisotopic (exact) mass is 377 g/mol. The molecule has 6 heteroatoms. The summed E-state index contributed by atoms with van der Waals surface area (Å²) >= 11 is 0. The van der Waals surface area contributed by atoms with Crippen LogP contribution < -0.4 is 0 Å². The highest BCUT2D eigenvalue weighted by molar-refractivity contribution is 5.83. The van der Waals surface area contributed by atoms with Gasteiger partial charge >= 0.3 is 12.1 Å². The molecule has 4 atom stereocenters. The first-order chi connectivity index (χ1) is 12.6. The third-order valence-electron chi connectivity index (χ3n) is 4.85. The lowest BCUT2D eigenvalue weighted by molar-refractivity contribution is -0.151. The number of rotatable bonds is 4. The van der Waals surface area contributed by atoms with Crippen molar-refractivity contribution in [3.8, 4) is 0 Å². The van der Waals surface area contributed by atoms with Crippen molar-refractivity contribution in [3.05, 3.63) is 35.9 Å². The summed E-state index contributed by atoms with van der Waals surface area (Å²) in [6.45, 7) is 11.3. The van der Waals surface area contributed by atoms with Gasteiger partial charge in [0.15, 0.2) is 0 Å². The van der Waals surface area contributed by atoms with Crippen LogP contribution in [0.3, 0.4) is 0 Å². The molecule has 0 spiro atoms. The second kappa shape index (κ2) is 8.30. The maximum Gasteiger partial charge on any atom is 0.411 e. The van der Waals surface area contributed by atoms with Crippen molar-refractivity contribution in [1.82, 2.24) is 4.90 Å². The predicted molar refractivity (Wildman–Crippen MR) is 102 cm³/mol. The zero-order valence-electron chi connectivity index (χ0n) is 17.0. The van der Waals surface area contributed by atoms with Crippen LogP contribution in [0.2, 0.25) is 0 Å². The maximum absolute atomic E-state index is 13.0. The fourth-order valence-corrected chi connectivity index (χ4v) is 3.87. The summed E-state index contributed by atoms with van der Waals surface area (Å²) in [6.07, 6.45) is -1.90. The number of carbonyl (C=O) groups excluding carboxylic acids is 2. The van der Waals surface area contributed by atoms with E-state index in [4.69, 9.17) is 9.47 Å². The van der Waals surface area contributed by atoms with E-state index in [1.807, 2.05) is 51.1 Å². The highest BCUT2D eigenvalue weighted by atomic mass is 16.6. The SMILES string of the molecule is CCOC(=O)C1C(C(C)(C)C)C(O)C(c2ccccc2)N1C(=O)OC(C)C. The Hall–Kier alpha value is -2.08. The van der Waals surface area contributed by atoms with E-state index >= 15 is 0 Å². The Morgan fingerprint density at radius 1 is 1.19 bits per heavy atom. The van der Waals surface area contributed by atoms with Crippen LogP contribution in [0.1, 0.15) is 53.1 Å². The van der Waals surface area contributed by atoms with E-state index in [1.54, 1.807) is 20.8 Å². The minimum absolute atomic E-state index is 0.200. The molecule has 1 fully saturated rings. The van der Waals surface area contributed by atoms with Crippen LogP contribution in [0.25, 0.3) is 0 Å². The number of hydrogen-bond donors (Lipinski definition) is 1. The minimum Gasteiger partial charge on any atom is -0.464 e. The van der Waals surface area contributed by atoms with Crippen molar-refractivity contribution >= 4 is 12.1 Å². The third-order valence-corrected chi connectivity index (χ3v) is 4.85. The largest absolute Gasteiger partial charge is 0.464 e. The molecule has 0 bridgehead atoms. The van der Waals surface area contributed by atoms with Gasteiger partial charge in [0, 0.05) is 5.92 Å². The van der Waals surface area contributed by atoms with Gasteiger partial charge in [-0.1, -0.05) is 51.1 Å². The molecule has 0 saturated carbocycles. The van der Waals surface area contributed by atoms with Crippen LogP contribution in [-0.4, -0.2) is 46.9 Å². The highest BCUT2D eigenvalue weighted by Gasteiger charge is 2.58. The molecule has 0 aliphatic carbocycles. The van der Waals surface area contributed by atoms with E-state index in [2.05, 4.69) is 0 Å². The number of benzene rings is 1. The zero-order valence-corrected chi connectivity index (χ0v) is 17.0. The Bertz CT molecular complexity index is 652. The highest BCUT2D eigenvalue weighted by Crippen LogP contribution is 2.48. The third kappa shape index (κ3) is 4.43. The molecule has 27 heavy (non-hydrogen) atoms. The van der Waals surface area contributed by atoms with E-state index in [0.717, 1.165) is 5.56 Å². The van der Waals surface area contributed by atoms with E-state index < -0.39 is 41.6 Å². The average Bonchev–Trinajstić information content (AvgIpc) is 2.88. The van der Waals surface area contributed by atoms with Gasteiger partial charge in [-0.2, -0.15) is 0 Å². The number of hydrogen-bond acceptors (Lipinski definition) is 5. The Labute approximate surface area is 161 Å². The van der Waals surface area contributed by atoms with Gasteiger partial charge in [0.25, 0.3) is 0 Å². The van der Waals surface area contributed by atoms with Crippen LogP contribution >= 0.6 is 0 Å². The summed E-state index contributed by atoms with van der Waals surface area (Å²) in [7, 11) is 0. The van der Waals surface area contributed by atoms with Crippen LogP contribution in [0.5, 0.6) is 0 Å². The predicted octanol–water partition coefficient (Wildman–Crippen LogP) is 3.54. The first-order valence-electron chi connectivity index (χ1n) is 9.48. The Kier molecular flexibility index (Phi) is 6.52. The van der Waals surface area contributed by atoms with Gasteiger partial charge in [-0.15, -0.1) is 0 Å². The van der Waals surface area contributed by atoms with Crippen molar-refractivity contribution in [2.75, 3.05) is 6.61 Å². The number of amides is 1. The molecular weight excluding hydrogens is 346 g/mol. The molecular formula is C21H31NO5. The van der Waals surface area contributed by atoms with Crippen LogP contribution in [-0.2, 0) is 14.3 Å². The Morgan fingerprint density at radius 2 is 1.78 bits per heavy atom. The first-order valence-corrected chi connectivity index (χ1v) is 9.48. The number of aliphatic hydroxyl groups is 1.